The Morgan fingerprint density at radius 1 is 0.656 bits per heavy atom. The lowest BCUT2D eigenvalue weighted by atomic mass is 10.0. The van der Waals surface area contributed by atoms with Gasteiger partial charge in [0.25, 0.3) is 11.8 Å². The van der Waals surface area contributed by atoms with Crippen LogP contribution in [0.1, 0.15) is 20.9 Å². The van der Waals surface area contributed by atoms with Crippen LogP contribution in [0.5, 0.6) is 0 Å². The number of carbonyl (C=O) groups excluding carboxylic acids is 2. The van der Waals surface area contributed by atoms with Crippen molar-refractivity contribution >= 4 is 131 Å². The number of rotatable bonds is 0. The lowest BCUT2D eigenvalue weighted by Gasteiger charge is -2.24. The lowest BCUT2D eigenvalue weighted by Crippen LogP contribution is -2.25. The molecule has 4 aliphatic heterocycles. The normalized spacial score (nSPS) is 18.4. The molecule has 0 saturated carbocycles. The molecule has 0 unspecified atom stereocenters. The van der Waals surface area contributed by atoms with Gasteiger partial charge in [0.2, 0.25) is 0 Å². The van der Waals surface area contributed by atoms with Crippen molar-refractivity contribution < 1.29 is 9.59 Å². The zero-order valence-corrected chi connectivity index (χ0v) is 22.0. The van der Waals surface area contributed by atoms with Crippen LogP contribution < -0.4 is 0 Å². The number of nitrogens with zero attached hydrogens (tertiary/aromatic N) is 2. The SMILES string of the molecule is O=C1C2=C3c4sc5cc(Br)sc5c4C=CN3C(=O)C2=C2c3sc4cc(Br)sc4c3C=CN12. The van der Waals surface area contributed by atoms with Gasteiger partial charge in [-0.15, -0.1) is 45.3 Å². The molecule has 0 spiro atoms. The Bertz CT molecular complexity index is 1630. The van der Waals surface area contributed by atoms with Crippen LogP contribution in [0.4, 0.5) is 0 Å². The van der Waals surface area contributed by atoms with Crippen LogP contribution in [-0.4, -0.2) is 21.6 Å². The zero-order chi connectivity index (χ0) is 21.5. The first-order chi connectivity index (χ1) is 15.5. The molecule has 32 heavy (non-hydrogen) atoms. The Morgan fingerprint density at radius 3 is 1.53 bits per heavy atom. The Morgan fingerprint density at radius 2 is 1.09 bits per heavy atom. The third-order valence-electron chi connectivity index (χ3n) is 6.02. The highest BCUT2D eigenvalue weighted by molar-refractivity contribution is 9.11. The van der Waals surface area contributed by atoms with E-state index in [0.717, 1.165) is 49.2 Å². The predicted octanol–water partition coefficient (Wildman–Crippen LogP) is 7.54. The van der Waals surface area contributed by atoms with Crippen molar-refractivity contribution in [3.8, 4) is 0 Å². The fourth-order valence-corrected chi connectivity index (χ4v) is 11.3. The minimum absolute atomic E-state index is 0.125. The monoisotopic (exact) mass is 616 g/mol. The van der Waals surface area contributed by atoms with E-state index in [4.69, 9.17) is 0 Å². The quantitative estimate of drug-likeness (QED) is 0.205. The molecular formula is C22H6Br2N2O2S4. The Balaban J connectivity index is 1.44. The van der Waals surface area contributed by atoms with Crippen LogP contribution in [0.3, 0.4) is 0 Å². The van der Waals surface area contributed by atoms with Gasteiger partial charge in [-0.1, -0.05) is 0 Å². The number of fused-ring (bicyclic) bond motifs is 11. The van der Waals surface area contributed by atoms with E-state index in [0.29, 0.717) is 11.1 Å². The standard InChI is InChI=1S/C22H6Br2N2O2S4/c23-11-5-9-17(31-11)7-1-3-25-15(19(7)29-9)13-14(21(25)27)16-20-8(2-4-26(16)22(13)28)18-10(30-20)6-12(24)32-18/h1-6H. The maximum atomic E-state index is 13.6. The summed E-state index contributed by atoms with van der Waals surface area (Å²) in [5.74, 6) is -0.250. The highest BCUT2D eigenvalue weighted by Gasteiger charge is 2.51. The Hall–Kier alpha value is -1.82. The number of amides is 2. The van der Waals surface area contributed by atoms with Crippen LogP contribution in [0.2, 0.25) is 0 Å². The van der Waals surface area contributed by atoms with E-state index < -0.39 is 0 Å². The predicted molar refractivity (Wildman–Crippen MR) is 140 cm³/mol. The third kappa shape index (κ3) is 2.07. The Labute approximate surface area is 213 Å². The second-order valence-corrected chi connectivity index (χ2v) is 14.6. The van der Waals surface area contributed by atoms with Gasteiger partial charge >= 0.3 is 0 Å². The summed E-state index contributed by atoms with van der Waals surface area (Å²) in [6.45, 7) is 0. The molecule has 4 aromatic rings. The first kappa shape index (κ1) is 18.6. The van der Waals surface area contributed by atoms with Gasteiger partial charge in [-0.2, -0.15) is 0 Å². The van der Waals surface area contributed by atoms with Gasteiger partial charge in [0.05, 0.1) is 49.3 Å². The summed E-state index contributed by atoms with van der Waals surface area (Å²) in [5, 5.41) is 0. The molecule has 8 rings (SSSR count). The van der Waals surface area contributed by atoms with E-state index >= 15 is 0 Å². The van der Waals surface area contributed by atoms with Gasteiger partial charge in [-0.25, -0.2) is 0 Å². The first-order valence-electron chi connectivity index (χ1n) is 9.48. The van der Waals surface area contributed by atoms with Crippen LogP contribution >= 0.6 is 77.2 Å². The van der Waals surface area contributed by atoms with Gasteiger partial charge in [0.1, 0.15) is 0 Å². The van der Waals surface area contributed by atoms with E-state index in [1.54, 1.807) is 55.1 Å². The van der Waals surface area contributed by atoms with Crippen molar-refractivity contribution in [3.05, 3.63) is 64.1 Å². The summed E-state index contributed by atoms with van der Waals surface area (Å²) in [5.41, 5.74) is 4.70. The molecule has 4 aliphatic rings. The molecule has 0 saturated heterocycles. The van der Waals surface area contributed by atoms with Crippen LogP contribution in [0.25, 0.3) is 42.3 Å². The van der Waals surface area contributed by atoms with Gasteiger partial charge in [0, 0.05) is 32.9 Å². The summed E-state index contributed by atoms with van der Waals surface area (Å²) < 4.78 is 6.85. The molecule has 0 aromatic carbocycles. The van der Waals surface area contributed by atoms with Crippen LogP contribution in [0.15, 0.2) is 43.3 Å². The molecular weight excluding hydrogens is 612 g/mol. The summed E-state index contributed by atoms with van der Waals surface area (Å²) in [4.78, 5) is 32.6. The van der Waals surface area contributed by atoms with Gasteiger partial charge in [0.15, 0.2) is 0 Å². The highest BCUT2D eigenvalue weighted by Crippen LogP contribution is 2.56. The smallest absolute Gasteiger partial charge is 0.265 e. The van der Waals surface area contributed by atoms with Crippen molar-refractivity contribution in [2.45, 2.75) is 0 Å². The van der Waals surface area contributed by atoms with Gasteiger partial charge in [-0.05, 0) is 56.1 Å². The highest BCUT2D eigenvalue weighted by atomic mass is 79.9. The second-order valence-electron chi connectivity index (χ2n) is 7.61. The average molecular weight is 618 g/mol. The maximum Gasteiger partial charge on any atom is 0.265 e. The summed E-state index contributed by atoms with van der Waals surface area (Å²) >= 11 is 13.8. The molecule has 154 valence electrons. The fourth-order valence-electron chi connectivity index (χ4n) is 4.78. The largest absolute Gasteiger partial charge is 0.281 e. The molecule has 0 bridgehead atoms. The average Bonchev–Trinajstić information content (AvgIpc) is 3.55. The number of carbonyl (C=O) groups is 2. The second kappa shape index (κ2) is 5.99. The van der Waals surface area contributed by atoms with Crippen LogP contribution in [0, 0.1) is 0 Å². The molecule has 2 amide bonds. The maximum absolute atomic E-state index is 13.6. The van der Waals surface area contributed by atoms with Gasteiger partial charge in [-0.3, -0.25) is 19.4 Å². The van der Waals surface area contributed by atoms with Crippen molar-refractivity contribution in [2.75, 3.05) is 0 Å². The zero-order valence-electron chi connectivity index (χ0n) is 15.6. The van der Waals surface area contributed by atoms with Crippen molar-refractivity contribution in [2.24, 2.45) is 0 Å². The first-order valence-corrected chi connectivity index (χ1v) is 14.3. The molecule has 4 aromatic heterocycles. The van der Waals surface area contributed by atoms with Crippen molar-refractivity contribution in [3.63, 3.8) is 0 Å². The van der Waals surface area contributed by atoms with E-state index in [-0.39, 0.29) is 11.8 Å². The Kier molecular flexibility index (Phi) is 3.48. The molecule has 0 aliphatic carbocycles. The molecule has 0 fully saturated rings. The molecule has 10 heteroatoms. The minimum Gasteiger partial charge on any atom is -0.281 e. The molecule has 8 heterocycles. The van der Waals surface area contributed by atoms with Crippen LogP contribution in [-0.2, 0) is 9.59 Å². The molecule has 0 N–H and O–H groups in total. The van der Waals surface area contributed by atoms with E-state index in [9.17, 15) is 9.59 Å². The van der Waals surface area contributed by atoms with E-state index in [1.807, 2.05) is 24.6 Å². The molecule has 0 atom stereocenters. The third-order valence-corrected chi connectivity index (χ3v) is 11.9. The summed E-state index contributed by atoms with van der Waals surface area (Å²) in [6, 6.07) is 4.21. The van der Waals surface area contributed by atoms with Gasteiger partial charge < -0.3 is 0 Å². The minimum atomic E-state index is -0.125. The number of hydrogen-bond donors (Lipinski definition) is 0. The fraction of sp³-hybridized carbons (Fsp3) is 0. The summed E-state index contributed by atoms with van der Waals surface area (Å²) in [6.07, 6.45) is 7.64. The number of thiophene rings is 4. The van der Waals surface area contributed by atoms with E-state index in [1.165, 1.54) is 9.40 Å². The van der Waals surface area contributed by atoms with Crippen molar-refractivity contribution in [1.29, 1.82) is 0 Å². The molecule has 0 radical (unpaired) electrons. The molecule has 4 nitrogen and oxygen atoms in total. The topological polar surface area (TPSA) is 40.6 Å². The van der Waals surface area contributed by atoms with E-state index in [2.05, 4.69) is 44.0 Å². The number of hydrogen-bond acceptors (Lipinski definition) is 6. The van der Waals surface area contributed by atoms with Crippen molar-refractivity contribution in [1.82, 2.24) is 9.80 Å². The number of halogens is 2. The summed E-state index contributed by atoms with van der Waals surface area (Å²) in [7, 11) is 0. The lowest BCUT2D eigenvalue weighted by molar-refractivity contribution is -0.122.